The summed E-state index contributed by atoms with van der Waals surface area (Å²) >= 11 is 0. The minimum Gasteiger partial charge on any atom is -0.379 e. The van der Waals surface area contributed by atoms with Gasteiger partial charge in [-0.1, -0.05) is 0 Å². The number of hydrogen-bond donors (Lipinski definition) is 0. The molecule has 0 aromatic heterocycles. The Kier molecular flexibility index (Phi) is 1.92. The van der Waals surface area contributed by atoms with E-state index < -0.39 is 0 Å². The van der Waals surface area contributed by atoms with E-state index in [-0.39, 0.29) is 0 Å². The van der Waals surface area contributed by atoms with Gasteiger partial charge >= 0.3 is 0 Å². The van der Waals surface area contributed by atoms with Crippen LogP contribution in [0.3, 0.4) is 0 Å². The summed E-state index contributed by atoms with van der Waals surface area (Å²) in [4.78, 5) is 2.60. The molecule has 2 heterocycles. The van der Waals surface area contributed by atoms with Crippen molar-refractivity contribution in [3.05, 3.63) is 0 Å². The van der Waals surface area contributed by atoms with E-state index in [1.54, 1.807) is 0 Å². The lowest BCUT2D eigenvalue weighted by Crippen LogP contribution is -2.46. The highest BCUT2D eigenvalue weighted by Gasteiger charge is 2.42. The Labute approximate surface area is 74.9 Å². The molecule has 0 spiro atoms. The van der Waals surface area contributed by atoms with Gasteiger partial charge in [0.2, 0.25) is 0 Å². The third-order valence-corrected chi connectivity index (χ3v) is 3.17. The molecule has 2 fully saturated rings. The van der Waals surface area contributed by atoms with Gasteiger partial charge in [0, 0.05) is 17.5 Å². The molecule has 0 aromatic carbocycles. The SMILES string of the molecule is CC(C)(C)N1CCC2COCC21. The zero-order valence-corrected chi connectivity index (χ0v) is 8.34. The maximum atomic E-state index is 5.50. The summed E-state index contributed by atoms with van der Waals surface area (Å²) in [6.07, 6.45) is 1.34. The van der Waals surface area contributed by atoms with E-state index in [2.05, 4.69) is 25.7 Å². The molecule has 70 valence electrons. The molecule has 2 rings (SSSR count). The topological polar surface area (TPSA) is 12.5 Å². The number of likely N-dealkylation sites (tertiary alicyclic amines) is 1. The molecule has 12 heavy (non-hydrogen) atoms. The average Bonchev–Trinajstić information content (AvgIpc) is 2.37. The zero-order valence-electron chi connectivity index (χ0n) is 8.34. The zero-order chi connectivity index (χ0) is 8.77. The Morgan fingerprint density at radius 1 is 1.25 bits per heavy atom. The van der Waals surface area contributed by atoms with Crippen molar-refractivity contribution in [3.8, 4) is 0 Å². The van der Waals surface area contributed by atoms with Crippen molar-refractivity contribution in [2.24, 2.45) is 5.92 Å². The van der Waals surface area contributed by atoms with Crippen LogP contribution in [0.25, 0.3) is 0 Å². The van der Waals surface area contributed by atoms with Gasteiger partial charge in [-0.25, -0.2) is 0 Å². The molecule has 2 nitrogen and oxygen atoms in total. The highest BCUT2D eigenvalue weighted by molar-refractivity contribution is 4.95. The van der Waals surface area contributed by atoms with Crippen LogP contribution in [0.15, 0.2) is 0 Å². The van der Waals surface area contributed by atoms with E-state index in [1.807, 2.05) is 0 Å². The summed E-state index contributed by atoms with van der Waals surface area (Å²) in [7, 11) is 0. The Morgan fingerprint density at radius 3 is 2.67 bits per heavy atom. The number of nitrogens with zero attached hydrogens (tertiary/aromatic N) is 1. The van der Waals surface area contributed by atoms with Crippen LogP contribution in [0.1, 0.15) is 27.2 Å². The second-order valence-corrected chi connectivity index (χ2v) is 5.02. The molecule has 0 aromatic rings. The van der Waals surface area contributed by atoms with Crippen LogP contribution < -0.4 is 0 Å². The summed E-state index contributed by atoms with van der Waals surface area (Å²) in [6.45, 7) is 10.1. The molecule has 0 bridgehead atoms. The monoisotopic (exact) mass is 169 g/mol. The molecule has 2 heteroatoms. The van der Waals surface area contributed by atoms with Crippen molar-refractivity contribution in [2.75, 3.05) is 19.8 Å². The fourth-order valence-corrected chi connectivity index (χ4v) is 2.51. The van der Waals surface area contributed by atoms with E-state index in [0.29, 0.717) is 11.6 Å². The van der Waals surface area contributed by atoms with Gasteiger partial charge in [0.15, 0.2) is 0 Å². The van der Waals surface area contributed by atoms with Crippen LogP contribution in [-0.4, -0.2) is 36.2 Å². The minimum atomic E-state index is 0.327. The predicted octanol–water partition coefficient (Wildman–Crippen LogP) is 1.51. The Balaban J connectivity index is 2.09. The summed E-state index contributed by atoms with van der Waals surface area (Å²) in [5.74, 6) is 0.823. The van der Waals surface area contributed by atoms with E-state index in [4.69, 9.17) is 4.74 Å². The predicted molar refractivity (Wildman–Crippen MR) is 49.2 cm³/mol. The van der Waals surface area contributed by atoms with Gasteiger partial charge in [-0.05, 0) is 33.7 Å². The Morgan fingerprint density at radius 2 is 2.00 bits per heavy atom. The van der Waals surface area contributed by atoms with Crippen molar-refractivity contribution in [3.63, 3.8) is 0 Å². The molecule has 0 N–H and O–H groups in total. The van der Waals surface area contributed by atoms with Gasteiger partial charge in [-0.3, -0.25) is 4.90 Å². The largest absolute Gasteiger partial charge is 0.379 e. The lowest BCUT2D eigenvalue weighted by atomic mass is 10.0. The van der Waals surface area contributed by atoms with Gasteiger partial charge in [-0.15, -0.1) is 0 Å². The first kappa shape index (κ1) is 8.52. The van der Waals surface area contributed by atoms with E-state index in [1.165, 1.54) is 13.0 Å². The molecule has 2 aliphatic rings. The quantitative estimate of drug-likeness (QED) is 0.545. The van der Waals surface area contributed by atoms with Crippen LogP contribution in [0.2, 0.25) is 0 Å². The lowest BCUT2D eigenvalue weighted by molar-refractivity contribution is 0.0883. The smallest absolute Gasteiger partial charge is 0.0625 e. The van der Waals surface area contributed by atoms with Gasteiger partial charge in [0.25, 0.3) is 0 Å². The van der Waals surface area contributed by atoms with Crippen LogP contribution >= 0.6 is 0 Å². The van der Waals surface area contributed by atoms with Crippen molar-refractivity contribution < 1.29 is 4.74 Å². The molecule has 0 aliphatic carbocycles. The molecule has 2 aliphatic heterocycles. The first-order valence-corrected chi connectivity index (χ1v) is 4.93. The van der Waals surface area contributed by atoms with Gasteiger partial charge in [0.05, 0.1) is 13.2 Å². The maximum absolute atomic E-state index is 5.50. The Hall–Kier alpha value is -0.0800. The van der Waals surface area contributed by atoms with Crippen molar-refractivity contribution >= 4 is 0 Å². The molecular formula is C10H19NO. The highest BCUT2D eigenvalue weighted by atomic mass is 16.5. The van der Waals surface area contributed by atoms with Gasteiger partial charge in [0.1, 0.15) is 0 Å². The molecule has 2 atom stereocenters. The number of hydrogen-bond acceptors (Lipinski definition) is 2. The number of rotatable bonds is 0. The third-order valence-electron chi connectivity index (χ3n) is 3.17. The van der Waals surface area contributed by atoms with Crippen molar-refractivity contribution in [2.45, 2.75) is 38.8 Å². The molecule has 0 amide bonds. The van der Waals surface area contributed by atoms with E-state index in [0.717, 1.165) is 19.1 Å². The molecule has 2 saturated heterocycles. The first-order chi connectivity index (χ1) is 5.59. The van der Waals surface area contributed by atoms with Crippen molar-refractivity contribution in [1.82, 2.24) is 4.90 Å². The summed E-state index contributed by atoms with van der Waals surface area (Å²) < 4.78 is 5.50. The summed E-state index contributed by atoms with van der Waals surface area (Å²) in [5.41, 5.74) is 0.327. The molecule has 2 unspecified atom stereocenters. The lowest BCUT2D eigenvalue weighted by Gasteiger charge is -2.36. The van der Waals surface area contributed by atoms with Gasteiger partial charge < -0.3 is 4.74 Å². The second kappa shape index (κ2) is 2.71. The molecular weight excluding hydrogens is 150 g/mol. The van der Waals surface area contributed by atoms with E-state index in [9.17, 15) is 0 Å². The third kappa shape index (κ3) is 1.27. The first-order valence-electron chi connectivity index (χ1n) is 4.93. The number of ether oxygens (including phenoxy) is 1. The summed E-state index contributed by atoms with van der Waals surface area (Å²) in [5, 5.41) is 0. The minimum absolute atomic E-state index is 0.327. The van der Waals surface area contributed by atoms with Crippen LogP contribution in [0.5, 0.6) is 0 Å². The summed E-state index contributed by atoms with van der Waals surface area (Å²) in [6, 6.07) is 0.713. The van der Waals surface area contributed by atoms with Gasteiger partial charge in [-0.2, -0.15) is 0 Å². The average molecular weight is 169 g/mol. The maximum Gasteiger partial charge on any atom is 0.0625 e. The Bertz CT molecular complexity index is 173. The van der Waals surface area contributed by atoms with E-state index >= 15 is 0 Å². The number of fused-ring (bicyclic) bond motifs is 1. The van der Waals surface area contributed by atoms with Crippen LogP contribution in [0, 0.1) is 5.92 Å². The highest BCUT2D eigenvalue weighted by Crippen LogP contribution is 2.34. The fourth-order valence-electron chi connectivity index (χ4n) is 2.51. The fraction of sp³-hybridized carbons (Fsp3) is 1.00. The van der Waals surface area contributed by atoms with Crippen molar-refractivity contribution in [1.29, 1.82) is 0 Å². The van der Waals surface area contributed by atoms with Crippen LogP contribution in [0.4, 0.5) is 0 Å². The second-order valence-electron chi connectivity index (χ2n) is 5.02. The normalized spacial score (nSPS) is 37.2. The standard InChI is InChI=1S/C10H19NO/c1-10(2,3)11-5-4-8-6-12-7-9(8)11/h8-9H,4-7H2,1-3H3. The molecule has 0 saturated carbocycles. The van der Waals surface area contributed by atoms with Crippen LogP contribution in [-0.2, 0) is 4.74 Å². The molecule has 0 radical (unpaired) electrons.